The number of hydrogen-bond acceptors (Lipinski definition) is 2. The molecule has 122 valence electrons. The maximum atomic E-state index is 12.9. The highest BCUT2D eigenvalue weighted by molar-refractivity contribution is 6.32. The minimum Gasteiger partial charge on any atom is -0.490 e. The van der Waals surface area contributed by atoms with Gasteiger partial charge in [0, 0.05) is 6.54 Å². The van der Waals surface area contributed by atoms with Gasteiger partial charge in [-0.2, -0.15) is 0 Å². The van der Waals surface area contributed by atoms with Crippen LogP contribution in [0.25, 0.3) is 0 Å². The molecule has 0 aromatic heterocycles. The molecule has 0 bridgehead atoms. The fourth-order valence-corrected chi connectivity index (χ4v) is 2.09. The number of ether oxygens (including phenoxy) is 1. The van der Waals surface area contributed by atoms with Crippen LogP contribution >= 0.6 is 11.6 Å². The number of amides is 2. The van der Waals surface area contributed by atoms with Gasteiger partial charge in [-0.3, -0.25) is 0 Å². The third-order valence-corrected chi connectivity index (χ3v) is 3.41. The van der Waals surface area contributed by atoms with E-state index in [2.05, 4.69) is 10.6 Å². The van der Waals surface area contributed by atoms with Gasteiger partial charge in [0.2, 0.25) is 0 Å². The van der Waals surface area contributed by atoms with Crippen LogP contribution in [0.5, 0.6) is 5.75 Å². The third kappa shape index (κ3) is 5.79. The smallest absolute Gasteiger partial charge is 0.315 e. The number of hydrogen-bond donors (Lipinski definition) is 2. The average molecular weight is 337 g/mol. The lowest BCUT2D eigenvalue weighted by Gasteiger charge is -2.10. The van der Waals surface area contributed by atoms with Crippen molar-refractivity contribution in [2.75, 3.05) is 13.2 Å². The maximum Gasteiger partial charge on any atom is 0.315 e. The van der Waals surface area contributed by atoms with Crippen LogP contribution in [0.3, 0.4) is 0 Å². The van der Waals surface area contributed by atoms with Crippen LogP contribution in [-0.2, 0) is 6.54 Å². The van der Waals surface area contributed by atoms with Gasteiger partial charge in [0.05, 0.1) is 11.6 Å². The number of nitrogens with one attached hydrogen (secondary N) is 2. The van der Waals surface area contributed by atoms with Gasteiger partial charge in [0.25, 0.3) is 0 Å². The second-order valence-electron chi connectivity index (χ2n) is 5.02. The van der Waals surface area contributed by atoms with Gasteiger partial charge in [0.1, 0.15) is 18.2 Å². The minimum absolute atomic E-state index is 0.203. The first-order valence-corrected chi connectivity index (χ1v) is 7.57. The molecule has 0 heterocycles. The number of halogens is 2. The van der Waals surface area contributed by atoms with Crippen molar-refractivity contribution in [3.05, 3.63) is 64.4 Å². The largest absolute Gasteiger partial charge is 0.490 e. The van der Waals surface area contributed by atoms with E-state index in [9.17, 15) is 9.18 Å². The minimum atomic E-state index is -0.420. The Morgan fingerprint density at radius 1 is 1.17 bits per heavy atom. The summed E-state index contributed by atoms with van der Waals surface area (Å²) >= 11 is 5.83. The second kappa shape index (κ2) is 8.39. The summed E-state index contributed by atoms with van der Waals surface area (Å²) in [5, 5.41) is 5.63. The molecule has 2 aromatic rings. The Kier molecular flexibility index (Phi) is 6.23. The van der Waals surface area contributed by atoms with Crippen molar-refractivity contribution in [3.8, 4) is 5.75 Å². The van der Waals surface area contributed by atoms with Gasteiger partial charge in [-0.1, -0.05) is 41.4 Å². The van der Waals surface area contributed by atoms with Crippen molar-refractivity contribution in [1.29, 1.82) is 0 Å². The van der Waals surface area contributed by atoms with Gasteiger partial charge in [-0.15, -0.1) is 0 Å². The molecule has 6 heteroatoms. The number of benzene rings is 2. The molecule has 0 fully saturated rings. The average Bonchev–Trinajstić information content (AvgIpc) is 2.52. The Morgan fingerprint density at radius 3 is 2.61 bits per heavy atom. The molecular weight excluding hydrogens is 319 g/mol. The van der Waals surface area contributed by atoms with Crippen LogP contribution in [0.2, 0.25) is 5.02 Å². The summed E-state index contributed by atoms with van der Waals surface area (Å²) in [6.07, 6.45) is 0. The summed E-state index contributed by atoms with van der Waals surface area (Å²) in [4.78, 5) is 11.7. The molecule has 0 aliphatic heterocycles. The van der Waals surface area contributed by atoms with Crippen molar-refractivity contribution in [2.45, 2.75) is 13.5 Å². The topological polar surface area (TPSA) is 50.4 Å². The quantitative estimate of drug-likeness (QED) is 0.791. The van der Waals surface area contributed by atoms with Crippen LogP contribution in [0.1, 0.15) is 11.1 Å². The summed E-state index contributed by atoms with van der Waals surface area (Å²) in [6, 6.07) is 11.5. The molecule has 0 saturated heterocycles. The third-order valence-electron chi connectivity index (χ3n) is 3.11. The molecule has 0 spiro atoms. The molecular formula is C17H18ClFN2O2. The van der Waals surface area contributed by atoms with E-state index in [-0.39, 0.29) is 17.7 Å². The zero-order chi connectivity index (χ0) is 16.7. The molecule has 4 nitrogen and oxygen atoms in total. The van der Waals surface area contributed by atoms with E-state index in [4.69, 9.17) is 16.3 Å². The first kappa shape index (κ1) is 17.1. The van der Waals surface area contributed by atoms with E-state index >= 15 is 0 Å². The monoisotopic (exact) mass is 336 g/mol. The number of rotatable bonds is 6. The Balaban J connectivity index is 1.65. The van der Waals surface area contributed by atoms with Gasteiger partial charge < -0.3 is 15.4 Å². The van der Waals surface area contributed by atoms with Crippen molar-refractivity contribution >= 4 is 17.6 Å². The predicted molar refractivity (Wildman–Crippen MR) is 88.3 cm³/mol. The fourth-order valence-electron chi connectivity index (χ4n) is 1.87. The molecule has 0 aliphatic carbocycles. The summed E-state index contributed by atoms with van der Waals surface area (Å²) in [5.41, 5.74) is 2.20. The van der Waals surface area contributed by atoms with Crippen LogP contribution in [0.4, 0.5) is 9.18 Å². The Labute approximate surface area is 139 Å². The lowest BCUT2D eigenvalue weighted by molar-refractivity contribution is 0.236. The first-order chi connectivity index (χ1) is 11.0. The highest BCUT2D eigenvalue weighted by Crippen LogP contribution is 2.24. The number of urea groups is 1. The molecule has 0 radical (unpaired) electrons. The van der Waals surface area contributed by atoms with E-state index in [0.29, 0.717) is 18.8 Å². The molecule has 23 heavy (non-hydrogen) atoms. The molecule has 2 rings (SSSR count). The van der Waals surface area contributed by atoms with Gasteiger partial charge in [-0.25, -0.2) is 9.18 Å². The molecule has 0 saturated carbocycles. The van der Waals surface area contributed by atoms with Crippen LogP contribution in [-0.4, -0.2) is 19.2 Å². The Bertz CT molecular complexity index is 662. The summed E-state index contributed by atoms with van der Waals surface area (Å²) in [7, 11) is 0. The van der Waals surface area contributed by atoms with Crippen molar-refractivity contribution in [2.24, 2.45) is 0 Å². The van der Waals surface area contributed by atoms with Crippen LogP contribution < -0.4 is 15.4 Å². The van der Waals surface area contributed by atoms with Crippen LogP contribution in [0, 0.1) is 12.7 Å². The van der Waals surface area contributed by atoms with E-state index in [0.717, 1.165) is 5.56 Å². The van der Waals surface area contributed by atoms with Gasteiger partial charge >= 0.3 is 6.03 Å². The summed E-state index contributed by atoms with van der Waals surface area (Å²) in [5.74, 6) is -0.0362. The van der Waals surface area contributed by atoms with Crippen LogP contribution in [0.15, 0.2) is 42.5 Å². The van der Waals surface area contributed by atoms with Crippen molar-refractivity contribution < 1.29 is 13.9 Å². The lowest BCUT2D eigenvalue weighted by atomic mass is 10.1. The highest BCUT2D eigenvalue weighted by atomic mass is 35.5. The summed E-state index contributed by atoms with van der Waals surface area (Å²) in [6.45, 7) is 3.02. The van der Waals surface area contributed by atoms with Crippen molar-refractivity contribution in [1.82, 2.24) is 10.6 Å². The van der Waals surface area contributed by atoms with E-state index in [1.54, 1.807) is 0 Å². The zero-order valence-electron chi connectivity index (χ0n) is 12.7. The molecule has 0 atom stereocenters. The standard InChI is InChI=1S/C17H18ClFN2O2/c1-12-2-4-13(5-3-12)11-21-17(22)20-8-9-23-16-7-6-14(19)10-15(16)18/h2-7,10H,8-9,11H2,1H3,(H2,20,21,22). The second-order valence-corrected chi connectivity index (χ2v) is 5.43. The lowest BCUT2D eigenvalue weighted by Crippen LogP contribution is -2.37. The molecule has 2 aromatic carbocycles. The van der Waals surface area contributed by atoms with Crippen molar-refractivity contribution in [3.63, 3.8) is 0 Å². The van der Waals surface area contributed by atoms with Gasteiger partial charge in [0.15, 0.2) is 0 Å². The van der Waals surface area contributed by atoms with Gasteiger partial charge in [-0.05, 0) is 30.7 Å². The Morgan fingerprint density at radius 2 is 1.91 bits per heavy atom. The fraction of sp³-hybridized carbons (Fsp3) is 0.235. The first-order valence-electron chi connectivity index (χ1n) is 7.19. The Hall–Kier alpha value is -2.27. The zero-order valence-corrected chi connectivity index (χ0v) is 13.5. The molecule has 0 unspecified atom stereocenters. The number of carbonyl (C=O) groups excluding carboxylic acids is 1. The SMILES string of the molecule is Cc1ccc(CNC(=O)NCCOc2ccc(F)cc2Cl)cc1. The molecule has 0 aliphatic rings. The summed E-state index contributed by atoms with van der Waals surface area (Å²) < 4.78 is 18.3. The van der Waals surface area contributed by atoms with E-state index in [1.165, 1.54) is 23.8 Å². The maximum absolute atomic E-state index is 12.9. The highest BCUT2D eigenvalue weighted by Gasteiger charge is 2.04. The normalized spacial score (nSPS) is 10.2. The molecule has 2 amide bonds. The van der Waals surface area contributed by atoms with E-state index in [1.807, 2.05) is 31.2 Å². The molecule has 2 N–H and O–H groups in total. The number of aryl methyl sites for hydroxylation is 1. The van der Waals surface area contributed by atoms with E-state index < -0.39 is 5.82 Å². The number of carbonyl (C=O) groups is 1. The predicted octanol–water partition coefficient (Wildman–Crippen LogP) is 3.67.